The summed E-state index contributed by atoms with van der Waals surface area (Å²) >= 11 is 0. The van der Waals surface area contributed by atoms with E-state index in [0.29, 0.717) is 11.7 Å². The van der Waals surface area contributed by atoms with Gasteiger partial charge in [0.25, 0.3) is 0 Å². The van der Waals surface area contributed by atoms with Gasteiger partial charge in [0.2, 0.25) is 0 Å². The van der Waals surface area contributed by atoms with Gasteiger partial charge in [-0.2, -0.15) is 9.61 Å². The van der Waals surface area contributed by atoms with E-state index in [4.69, 9.17) is 15.1 Å². The van der Waals surface area contributed by atoms with Gasteiger partial charge in [0.15, 0.2) is 5.65 Å². The Hall–Kier alpha value is -3.19. The molecule has 4 aromatic rings. The van der Waals surface area contributed by atoms with Gasteiger partial charge in [-0.25, -0.2) is 4.98 Å². The molecule has 1 aliphatic heterocycles. The average molecular weight is 388 g/mol. The number of fused-ring (bicyclic) bond motifs is 1. The van der Waals surface area contributed by atoms with Crippen LogP contribution >= 0.6 is 0 Å². The first-order valence-electron chi connectivity index (χ1n) is 10.0. The summed E-state index contributed by atoms with van der Waals surface area (Å²) in [6.07, 6.45) is 5.78. The van der Waals surface area contributed by atoms with Crippen LogP contribution in [-0.2, 0) is 6.54 Å². The van der Waals surface area contributed by atoms with Gasteiger partial charge in [-0.3, -0.25) is 9.88 Å². The Morgan fingerprint density at radius 3 is 2.97 bits per heavy atom. The number of furan rings is 1. The number of anilines is 1. The molecular weight excluding hydrogens is 364 g/mol. The van der Waals surface area contributed by atoms with Gasteiger partial charge >= 0.3 is 0 Å². The molecule has 1 saturated heterocycles. The van der Waals surface area contributed by atoms with E-state index in [-0.39, 0.29) is 0 Å². The summed E-state index contributed by atoms with van der Waals surface area (Å²) in [6, 6.07) is 11.9. The molecule has 1 atom stereocenters. The molecule has 2 N–H and O–H groups in total. The number of pyridine rings is 1. The van der Waals surface area contributed by atoms with Crippen molar-refractivity contribution in [1.82, 2.24) is 24.5 Å². The van der Waals surface area contributed by atoms with Crippen molar-refractivity contribution in [3.63, 3.8) is 0 Å². The Kier molecular flexibility index (Phi) is 4.52. The van der Waals surface area contributed by atoms with Crippen LogP contribution in [-0.4, -0.2) is 37.6 Å². The van der Waals surface area contributed by atoms with E-state index in [2.05, 4.69) is 21.0 Å². The number of rotatable bonds is 4. The summed E-state index contributed by atoms with van der Waals surface area (Å²) in [5, 5.41) is 4.62. The number of likely N-dealkylation sites (tertiary alicyclic amines) is 1. The van der Waals surface area contributed by atoms with Crippen LogP contribution in [0.3, 0.4) is 0 Å². The van der Waals surface area contributed by atoms with Gasteiger partial charge in [-0.15, -0.1) is 0 Å². The molecule has 0 radical (unpaired) electrons. The number of aryl methyl sites for hydroxylation is 1. The minimum Gasteiger partial charge on any atom is -0.469 e. The fourth-order valence-corrected chi connectivity index (χ4v) is 4.17. The third-order valence-corrected chi connectivity index (χ3v) is 5.64. The Morgan fingerprint density at radius 2 is 2.17 bits per heavy atom. The summed E-state index contributed by atoms with van der Waals surface area (Å²) in [4.78, 5) is 11.8. The van der Waals surface area contributed by atoms with Crippen molar-refractivity contribution < 1.29 is 4.42 Å². The highest BCUT2D eigenvalue weighted by Crippen LogP contribution is 2.30. The molecule has 7 nitrogen and oxygen atoms in total. The maximum Gasteiger partial charge on any atom is 0.158 e. The molecule has 0 aromatic carbocycles. The minimum atomic E-state index is 0.355. The maximum atomic E-state index is 6.34. The first kappa shape index (κ1) is 17.9. The lowest BCUT2D eigenvalue weighted by Crippen LogP contribution is -2.34. The summed E-state index contributed by atoms with van der Waals surface area (Å²) in [5.41, 5.74) is 11.1. The lowest BCUT2D eigenvalue weighted by Gasteiger charge is -2.32. The normalized spacial score (nSPS) is 17.8. The van der Waals surface area contributed by atoms with Crippen molar-refractivity contribution in [1.29, 1.82) is 0 Å². The SMILES string of the molecule is Cc1occc1-c1cc2nc(C3CCCN(Cc4ccccn4)C3)cc(N)n2n1. The van der Waals surface area contributed by atoms with Crippen LogP contribution in [0.2, 0.25) is 0 Å². The molecule has 0 bridgehead atoms. The van der Waals surface area contributed by atoms with Gasteiger partial charge in [0.1, 0.15) is 11.6 Å². The molecule has 0 spiro atoms. The summed E-state index contributed by atoms with van der Waals surface area (Å²) in [5.74, 6) is 1.80. The van der Waals surface area contributed by atoms with Crippen LogP contribution in [0, 0.1) is 6.92 Å². The van der Waals surface area contributed by atoms with Crippen molar-refractivity contribution >= 4 is 11.5 Å². The molecule has 4 aromatic heterocycles. The fraction of sp³-hybridized carbons (Fsp3) is 0.318. The Morgan fingerprint density at radius 1 is 1.24 bits per heavy atom. The Labute approximate surface area is 169 Å². The van der Waals surface area contributed by atoms with Crippen LogP contribution in [0.4, 0.5) is 5.82 Å². The van der Waals surface area contributed by atoms with Crippen LogP contribution in [0.25, 0.3) is 16.9 Å². The number of hydrogen-bond donors (Lipinski definition) is 1. The molecule has 29 heavy (non-hydrogen) atoms. The lowest BCUT2D eigenvalue weighted by molar-refractivity contribution is 0.196. The highest BCUT2D eigenvalue weighted by atomic mass is 16.3. The molecule has 1 aliphatic rings. The molecule has 5 heterocycles. The molecule has 148 valence electrons. The predicted octanol–water partition coefficient (Wildman–Crippen LogP) is 3.65. The molecule has 1 unspecified atom stereocenters. The maximum absolute atomic E-state index is 6.34. The van der Waals surface area contributed by atoms with Gasteiger partial charge in [0.05, 0.1) is 23.3 Å². The van der Waals surface area contributed by atoms with Crippen molar-refractivity contribution in [2.75, 3.05) is 18.8 Å². The number of aromatic nitrogens is 4. The van der Waals surface area contributed by atoms with Crippen molar-refractivity contribution in [3.8, 4) is 11.3 Å². The van der Waals surface area contributed by atoms with Crippen LogP contribution in [0.15, 0.2) is 53.3 Å². The third kappa shape index (κ3) is 3.49. The van der Waals surface area contributed by atoms with E-state index in [9.17, 15) is 0 Å². The molecule has 5 rings (SSSR count). The van der Waals surface area contributed by atoms with Gasteiger partial charge < -0.3 is 10.2 Å². The zero-order chi connectivity index (χ0) is 19.8. The quantitative estimate of drug-likeness (QED) is 0.574. The summed E-state index contributed by atoms with van der Waals surface area (Å²) in [7, 11) is 0. The van der Waals surface area contributed by atoms with Crippen LogP contribution < -0.4 is 5.73 Å². The molecule has 0 saturated carbocycles. The van der Waals surface area contributed by atoms with Crippen molar-refractivity contribution in [2.45, 2.75) is 32.2 Å². The second-order valence-electron chi connectivity index (χ2n) is 7.69. The summed E-state index contributed by atoms with van der Waals surface area (Å²) in [6.45, 7) is 4.84. The van der Waals surface area contributed by atoms with E-state index >= 15 is 0 Å². The molecule has 7 heteroatoms. The Balaban J connectivity index is 1.41. The van der Waals surface area contributed by atoms with E-state index in [1.54, 1.807) is 10.8 Å². The first-order chi connectivity index (χ1) is 14.2. The van der Waals surface area contributed by atoms with Crippen molar-refractivity contribution in [2.24, 2.45) is 0 Å². The van der Waals surface area contributed by atoms with Crippen LogP contribution in [0.5, 0.6) is 0 Å². The highest BCUT2D eigenvalue weighted by molar-refractivity contribution is 5.66. The van der Waals surface area contributed by atoms with E-state index < -0.39 is 0 Å². The number of hydrogen-bond acceptors (Lipinski definition) is 6. The standard InChI is InChI=1S/C22H24N6O/c1-15-18(7-10-29-15)20-12-22-25-19(11-21(23)28(22)26-20)16-5-4-9-27(13-16)14-17-6-2-3-8-24-17/h2-3,6-8,10-12,16H,4-5,9,13-14,23H2,1H3. The van der Waals surface area contributed by atoms with E-state index in [1.165, 1.54) is 0 Å². The minimum absolute atomic E-state index is 0.355. The molecule has 0 amide bonds. The molecule has 0 aliphatic carbocycles. The summed E-state index contributed by atoms with van der Waals surface area (Å²) < 4.78 is 7.12. The highest BCUT2D eigenvalue weighted by Gasteiger charge is 2.24. The topological polar surface area (TPSA) is 85.5 Å². The van der Waals surface area contributed by atoms with E-state index in [0.717, 1.165) is 66.5 Å². The van der Waals surface area contributed by atoms with Crippen LogP contribution in [0.1, 0.15) is 35.9 Å². The largest absolute Gasteiger partial charge is 0.469 e. The second kappa shape index (κ2) is 7.33. The zero-order valence-electron chi connectivity index (χ0n) is 16.5. The monoisotopic (exact) mass is 388 g/mol. The molecule has 1 fully saturated rings. The van der Waals surface area contributed by atoms with Crippen molar-refractivity contribution in [3.05, 3.63) is 66.0 Å². The zero-order valence-corrected chi connectivity index (χ0v) is 16.5. The lowest BCUT2D eigenvalue weighted by atomic mass is 9.94. The average Bonchev–Trinajstić information content (AvgIpc) is 3.35. The van der Waals surface area contributed by atoms with Gasteiger partial charge in [0, 0.05) is 42.9 Å². The van der Waals surface area contributed by atoms with Gasteiger partial charge in [-0.1, -0.05) is 6.07 Å². The number of nitrogens with zero attached hydrogens (tertiary/aromatic N) is 5. The predicted molar refractivity (Wildman–Crippen MR) is 111 cm³/mol. The first-order valence-corrected chi connectivity index (χ1v) is 10.0. The Bertz CT molecular complexity index is 1130. The number of piperidine rings is 1. The molecular formula is C22H24N6O. The van der Waals surface area contributed by atoms with Gasteiger partial charge in [-0.05, 0) is 44.5 Å². The third-order valence-electron chi connectivity index (χ3n) is 5.64. The second-order valence-corrected chi connectivity index (χ2v) is 7.69. The number of nitrogens with two attached hydrogens (primary N) is 1. The smallest absolute Gasteiger partial charge is 0.158 e. The fourth-order valence-electron chi connectivity index (χ4n) is 4.17. The van der Waals surface area contributed by atoms with E-state index in [1.807, 2.05) is 43.5 Å². The number of nitrogen functional groups attached to an aromatic ring is 1.